The van der Waals surface area contributed by atoms with E-state index in [1.807, 2.05) is 24.4 Å². The summed E-state index contributed by atoms with van der Waals surface area (Å²) >= 11 is 0. The summed E-state index contributed by atoms with van der Waals surface area (Å²) in [5.41, 5.74) is 0.646. The number of carbonyl (C=O) groups excluding carboxylic acids is 1. The van der Waals surface area contributed by atoms with Gasteiger partial charge in [0.05, 0.1) is 11.6 Å². The van der Waals surface area contributed by atoms with Crippen LogP contribution in [0, 0.1) is 5.92 Å². The summed E-state index contributed by atoms with van der Waals surface area (Å²) in [6, 6.07) is 10.2. The summed E-state index contributed by atoms with van der Waals surface area (Å²) in [7, 11) is 0. The molecule has 3 heterocycles. The largest absolute Gasteiger partial charge is 0.381 e. The highest BCUT2D eigenvalue weighted by atomic mass is 16.5. The molecule has 2 fully saturated rings. The fraction of sp³-hybridized carbons (Fsp3) is 0.500. The molecule has 2 aliphatic heterocycles. The van der Waals surface area contributed by atoms with Crippen LogP contribution in [-0.4, -0.2) is 48.7 Å². The maximum Gasteiger partial charge on any atom is 0.230 e. The SMILES string of the molecule is O=C(NCC1CCN(c2cnccn2)CC1)C1(c2ccccc2)CCOCC1. The van der Waals surface area contributed by atoms with Gasteiger partial charge in [0.15, 0.2) is 0 Å². The second-order valence-corrected chi connectivity index (χ2v) is 7.76. The molecule has 2 aromatic rings. The Hall–Kier alpha value is -2.47. The summed E-state index contributed by atoms with van der Waals surface area (Å²) in [5, 5.41) is 3.28. The van der Waals surface area contributed by atoms with Crippen molar-refractivity contribution in [3.8, 4) is 0 Å². The quantitative estimate of drug-likeness (QED) is 0.863. The van der Waals surface area contributed by atoms with Crippen molar-refractivity contribution < 1.29 is 9.53 Å². The van der Waals surface area contributed by atoms with Gasteiger partial charge >= 0.3 is 0 Å². The zero-order chi connectivity index (χ0) is 19.2. The number of hydrogen-bond donors (Lipinski definition) is 1. The van der Waals surface area contributed by atoms with E-state index in [9.17, 15) is 4.79 Å². The number of amides is 1. The Bertz CT molecular complexity index is 755. The molecule has 1 aromatic heterocycles. The molecule has 1 N–H and O–H groups in total. The molecule has 0 atom stereocenters. The smallest absolute Gasteiger partial charge is 0.230 e. The van der Waals surface area contributed by atoms with Crippen molar-refractivity contribution in [1.29, 1.82) is 0 Å². The lowest BCUT2D eigenvalue weighted by Crippen LogP contribution is -2.49. The number of nitrogens with one attached hydrogen (secondary N) is 1. The lowest BCUT2D eigenvalue weighted by molar-refractivity contribution is -0.130. The van der Waals surface area contributed by atoms with Gasteiger partial charge in [-0.25, -0.2) is 4.98 Å². The van der Waals surface area contributed by atoms with Gasteiger partial charge in [-0.2, -0.15) is 0 Å². The van der Waals surface area contributed by atoms with Crippen LogP contribution in [0.5, 0.6) is 0 Å². The first-order valence-electron chi connectivity index (χ1n) is 10.2. The molecule has 6 nitrogen and oxygen atoms in total. The molecule has 4 rings (SSSR count). The van der Waals surface area contributed by atoms with E-state index in [4.69, 9.17) is 4.74 Å². The van der Waals surface area contributed by atoms with Crippen LogP contribution in [0.1, 0.15) is 31.2 Å². The molecule has 2 aliphatic rings. The number of hydrogen-bond acceptors (Lipinski definition) is 5. The molecule has 0 saturated carbocycles. The fourth-order valence-electron chi connectivity index (χ4n) is 4.35. The number of piperidine rings is 1. The predicted octanol–water partition coefficient (Wildman–Crippen LogP) is 2.56. The minimum atomic E-state index is -0.458. The lowest BCUT2D eigenvalue weighted by Gasteiger charge is -2.37. The third kappa shape index (κ3) is 4.02. The van der Waals surface area contributed by atoms with E-state index in [1.165, 1.54) is 0 Å². The Morgan fingerprint density at radius 2 is 1.89 bits per heavy atom. The zero-order valence-electron chi connectivity index (χ0n) is 16.2. The third-order valence-electron chi connectivity index (χ3n) is 6.15. The molecule has 1 aromatic carbocycles. The van der Waals surface area contributed by atoms with Crippen molar-refractivity contribution in [3.05, 3.63) is 54.5 Å². The van der Waals surface area contributed by atoms with E-state index in [1.54, 1.807) is 12.4 Å². The standard InChI is InChI=1S/C22H28N4O2/c27-21(22(8-14-28-15-9-22)19-4-2-1-3-5-19)25-16-18-6-12-26(13-7-18)20-17-23-10-11-24-20/h1-5,10-11,17-18H,6-9,12-16H2,(H,25,27). The first kappa shape index (κ1) is 18.9. The van der Waals surface area contributed by atoms with E-state index >= 15 is 0 Å². The highest BCUT2D eigenvalue weighted by Crippen LogP contribution is 2.35. The van der Waals surface area contributed by atoms with Gasteiger partial charge in [0.2, 0.25) is 5.91 Å². The number of benzene rings is 1. The molecule has 0 unspecified atom stereocenters. The Kier molecular flexibility index (Phi) is 5.86. The van der Waals surface area contributed by atoms with Gasteiger partial charge in [0.25, 0.3) is 0 Å². The van der Waals surface area contributed by atoms with E-state index in [0.29, 0.717) is 19.1 Å². The molecule has 1 amide bonds. The predicted molar refractivity (Wildman–Crippen MR) is 108 cm³/mol. The number of nitrogens with zero attached hydrogens (tertiary/aromatic N) is 3. The molecule has 0 aliphatic carbocycles. The van der Waals surface area contributed by atoms with Crippen LogP contribution in [0.15, 0.2) is 48.9 Å². The average molecular weight is 380 g/mol. The minimum Gasteiger partial charge on any atom is -0.381 e. The van der Waals surface area contributed by atoms with Crippen molar-refractivity contribution in [3.63, 3.8) is 0 Å². The van der Waals surface area contributed by atoms with Crippen molar-refractivity contribution >= 4 is 11.7 Å². The van der Waals surface area contributed by atoms with Crippen LogP contribution >= 0.6 is 0 Å². The number of carbonyl (C=O) groups is 1. The Labute approximate surface area is 166 Å². The monoisotopic (exact) mass is 380 g/mol. The average Bonchev–Trinajstić information content (AvgIpc) is 2.79. The summed E-state index contributed by atoms with van der Waals surface area (Å²) in [4.78, 5) is 24.1. The maximum absolute atomic E-state index is 13.3. The lowest BCUT2D eigenvalue weighted by atomic mass is 9.73. The summed E-state index contributed by atoms with van der Waals surface area (Å²) < 4.78 is 5.55. The number of aromatic nitrogens is 2. The highest BCUT2D eigenvalue weighted by Gasteiger charge is 2.41. The van der Waals surface area contributed by atoms with Crippen molar-refractivity contribution in [2.75, 3.05) is 37.7 Å². The van der Waals surface area contributed by atoms with Crippen LogP contribution in [0.4, 0.5) is 5.82 Å². The second-order valence-electron chi connectivity index (χ2n) is 7.76. The van der Waals surface area contributed by atoms with Gasteiger partial charge in [-0.15, -0.1) is 0 Å². The molecule has 6 heteroatoms. The highest BCUT2D eigenvalue weighted by molar-refractivity contribution is 5.88. The molecule has 28 heavy (non-hydrogen) atoms. The zero-order valence-corrected chi connectivity index (χ0v) is 16.2. The van der Waals surface area contributed by atoms with Crippen LogP contribution < -0.4 is 10.2 Å². The third-order valence-corrected chi connectivity index (χ3v) is 6.15. The Morgan fingerprint density at radius 3 is 2.57 bits per heavy atom. The van der Waals surface area contributed by atoms with Gasteiger partial charge < -0.3 is 15.0 Å². The molecule has 0 spiro atoms. The van der Waals surface area contributed by atoms with Gasteiger partial charge in [-0.1, -0.05) is 30.3 Å². The topological polar surface area (TPSA) is 67.4 Å². The first-order chi connectivity index (χ1) is 13.8. The number of rotatable bonds is 5. The maximum atomic E-state index is 13.3. The van der Waals surface area contributed by atoms with E-state index < -0.39 is 5.41 Å². The van der Waals surface area contributed by atoms with Crippen molar-refractivity contribution in [1.82, 2.24) is 15.3 Å². The summed E-state index contributed by atoms with van der Waals surface area (Å²) in [5.74, 6) is 1.60. The van der Waals surface area contributed by atoms with Crippen molar-refractivity contribution in [2.45, 2.75) is 31.1 Å². The van der Waals surface area contributed by atoms with Gasteiger partial charge in [-0.05, 0) is 37.2 Å². The first-order valence-corrected chi connectivity index (χ1v) is 10.2. The van der Waals surface area contributed by atoms with Crippen LogP contribution in [0.2, 0.25) is 0 Å². The Balaban J connectivity index is 1.34. The minimum absolute atomic E-state index is 0.151. The van der Waals surface area contributed by atoms with Gasteiger partial charge in [0.1, 0.15) is 5.82 Å². The van der Waals surface area contributed by atoms with Crippen LogP contribution in [0.3, 0.4) is 0 Å². The van der Waals surface area contributed by atoms with Crippen LogP contribution in [0.25, 0.3) is 0 Å². The van der Waals surface area contributed by atoms with E-state index in [2.05, 4.69) is 32.3 Å². The molecular formula is C22H28N4O2. The van der Waals surface area contributed by atoms with Gasteiger partial charge in [-0.3, -0.25) is 9.78 Å². The molecule has 148 valence electrons. The van der Waals surface area contributed by atoms with Crippen LogP contribution in [-0.2, 0) is 14.9 Å². The van der Waals surface area contributed by atoms with E-state index in [-0.39, 0.29) is 5.91 Å². The van der Waals surface area contributed by atoms with E-state index in [0.717, 1.165) is 56.7 Å². The summed E-state index contributed by atoms with van der Waals surface area (Å²) in [6.07, 6.45) is 8.85. The van der Waals surface area contributed by atoms with Crippen molar-refractivity contribution in [2.24, 2.45) is 5.92 Å². The summed E-state index contributed by atoms with van der Waals surface area (Å²) in [6.45, 7) is 3.92. The number of anilines is 1. The normalized spacial score (nSPS) is 19.9. The van der Waals surface area contributed by atoms with Gasteiger partial charge in [0, 0.05) is 45.2 Å². The Morgan fingerprint density at radius 1 is 1.14 bits per heavy atom. The molecular weight excluding hydrogens is 352 g/mol. The molecule has 0 radical (unpaired) electrons. The fourth-order valence-corrected chi connectivity index (χ4v) is 4.35. The second kappa shape index (κ2) is 8.69. The molecule has 2 saturated heterocycles. The molecule has 0 bridgehead atoms. The number of ether oxygens (including phenoxy) is 1.